The van der Waals surface area contributed by atoms with E-state index in [1.807, 2.05) is 0 Å². The van der Waals surface area contributed by atoms with Gasteiger partial charge in [-0.3, -0.25) is 0 Å². The van der Waals surface area contributed by atoms with Gasteiger partial charge < -0.3 is 4.90 Å². The van der Waals surface area contributed by atoms with E-state index < -0.39 is 0 Å². The first-order chi connectivity index (χ1) is 9.14. The summed E-state index contributed by atoms with van der Waals surface area (Å²) in [7, 11) is 0. The standard InChI is InChI=1S/C17H27NS/c1-4-17(5-2,13-19)12-18-10-6-7-15-11-14(3)8-9-16(15)18/h8-9,11,19H,4-7,10,12-13H2,1-3H3. The molecule has 0 radical (unpaired) electrons. The summed E-state index contributed by atoms with van der Waals surface area (Å²) < 4.78 is 0. The molecule has 1 heterocycles. The van der Waals surface area contributed by atoms with Crippen molar-refractivity contribution in [2.45, 2.75) is 46.5 Å². The molecule has 106 valence electrons. The summed E-state index contributed by atoms with van der Waals surface area (Å²) in [6.45, 7) is 9.15. The lowest BCUT2D eigenvalue weighted by molar-refractivity contribution is 0.307. The van der Waals surface area contributed by atoms with Gasteiger partial charge in [-0.05, 0) is 55.4 Å². The van der Waals surface area contributed by atoms with Gasteiger partial charge in [0.05, 0.1) is 0 Å². The van der Waals surface area contributed by atoms with Gasteiger partial charge in [0.15, 0.2) is 0 Å². The van der Waals surface area contributed by atoms with Crippen molar-refractivity contribution in [3.63, 3.8) is 0 Å². The van der Waals surface area contributed by atoms with Crippen LogP contribution in [-0.2, 0) is 6.42 Å². The fourth-order valence-electron chi connectivity index (χ4n) is 3.12. The van der Waals surface area contributed by atoms with Crippen LogP contribution in [0.2, 0.25) is 0 Å². The van der Waals surface area contributed by atoms with Crippen LogP contribution in [-0.4, -0.2) is 18.8 Å². The summed E-state index contributed by atoms with van der Waals surface area (Å²) in [5.74, 6) is 0.984. The molecular formula is C17H27NS. The van der Waals surface area contributed by atoms with Crippen molar-refractivity contribution < 1.29 is 0 Å². The number of hydrogen-bond acceptors (Lipinski definition) is 2. The monoisotopic (exact) mass is 277 g/mol. The zero-order valence-corrected chi connectivity index (χ0v) is 13.5. The van der Waals surface area contributed by atoms with Crippen LogP contribution in [0, 0.1) is 12.3 Å². The molecule has 1 nitrogen and oxygen atoms in total. The zero-order chi connectivity index (χ0) is 13.9. The normalized spacial score (nSPS) is 15.5. The fraction of sp³-hybridized carbons (Fsp3) is 0.647. The number of anilines is 1. The van der Waals surface area contributed by atoms with E-state index in [1.165, 1.54) is 49.0 Å². The Hall–Kier alpha value is -0.630. The van der Waals surface area contributed by atoms with Gasteiger partial charge in [0.1, 0.15) is 0 Å². The first kappa shape index (κ1) is 14.8. The summed E-state index contributed by atoms with van der Waals surface area (Å²) in [5.41, 5.74) is 4.74. The Balaban J connectivity index is 2.24. The smallest absolute Gasteiger partial charge is 0.0399 e. The predicted octanol–water partition coefficient (Wildman–Crippen LogP) is 4.48. The zero-order valence-electron chi connectivity index (χ0n) is 12.6. The molecule has 0 aliphatic carbocycles. The molecule has 0 amide bonds. The third-order valence-electron chi connectivity index (χ3n) is 4.81. The first-order valence-electron chi connectivity index (χ1n) is 7.59. The lowest BCUT2D eigenvalue weighted by Gasteiger charge is -2.40. The van der Waals surface area contributed by atoms with Crippen molar-refractivity contribution in [3.8, 4) is 0 Å². The molecule has 1 aromatic carbocycles. The molecule has 0 aromatic heterocycles. The molecule has 0 saturated carbocycles. The minimum absolute atomic E-state index is 0.364. The maximum atomic E-state index is 4.62. The fourth-order valence-corrected chi connectivity index (χ4v) is 3.67. The number of hydrogen-bond donors (Lipinski definition) is 1. The highest BCUT2D eigenvalue weighted by Gasteiger charge is 2.29. The van der Waals surface area contributed by atoms with E-state index in [4.69, 9.17) is 0 Å². The van der Waals surface area contributed by atoms with Crippen molar-refractivity contribution >= 4 is 18.3 Å². The van der Waals surface area contributed by atoms with Gasteiger partial charge in [-0.1, -0.05) is 31.5 Å². The Labute approximate surface area is 123 Å². The Morgan fingerprint density at radius 2 is 2.00 bits per heavy atom. The largest absolute Gasteiger partial charge is 0.371 e. The van der Waals surface area contributed by atoms with Gasteiger partial charge in [-0.25, -0.2) is 0 Å². The van der Waals surface area contributed by atoms with E-state index in [0.29, 0.717) is 5.41 Å². The second kappa shape index (κ2) is 6.21. The van der Waals surface area contributed by atoms with Crippen molar-refractivity contribution in [2.75, 3.05) is 23.7 Å². The number of nitrogens with zero attached hydrogens (tertiary/aromatic N) is 1. The van der Waals surface area contributed by atoms with Crippen LogP contribution in [0.3, 0.4) is 0 Å². The molecule has 0 unspecified atom stereocenters. The highest BCUT2D eigenvalue weighted by atomic mass is 32.1. The van der Waals surface area contributed by atoms with Crippen molar-refractivity contribution in [1.29, 1.82) is 0 Å². The summed E-state index contributed by atoms with van der Waals surface area (Å²) >= 11 is 4.62. The molecule has 0 spiro atoms. The molecule has 0 saturated heterocycles. The number of benzene rings is 1. The van der Waals surface area contributed by atoms with E-state index >= 15 is 0 Å². The van der Waals surface area contributed by atoms with Gasteiger partial charge in [-0.15, -0.1) is 0 Å². The molecular weight excluding hydrogens is 250 g/mol. The molecule has 0 fully saturated rings. The molecule has 1 aromatic rings. The Morgan fingerprint density at radius 3 is 2.63 bits per heavy atom. The number of rotatable bonds is 5. The number of thiol groups is 1. The maximum Gasteiger partial charge on any atom is 0.0399 e. The van der Waals surface area contributed by atoms with Gasteiger partial charge in [0.2, 0.25) is 0 Å². The SMILES string of the molecule is CCC(CC)(CS)CN1CCCc2cc(C)ccc21. The van der Waals surface area contributed by atoms with Gasteiger partial charge >= 0.3 is 0 Å². The van der Waals surface area contributed by atoms with E-state index in [2.05, 4.69) is 56.5 Å². The van der Waals surface area contributed by atoms with E-state index in [0.717, 1.165) is 12.3 Å². The van der Waals surface area contributed by atoms with E-state index in [9.17, 15) is 0 Å². The Bertz CT molecular complexity index is 415. The molecule has 19 heavy (non-hydrogen) atoms. The second-order valence-electron chi connectivity index (χ2n) is 6.02. The lowest BCUT2D eigenvalue weighted by atomic mass is 9.83. The molecule has 1 aliphatic heterocycles. The molecule has 0 bridgehead atoms. The molecule has 0 N–H and O–H groups in total. The average Bonchev–Trinajstić information content (AvgIpc) is 2.44. The topological polar surface area (TPSA) is 3.24 Å². The summed E-state index contributed by atoms with van der Waals surface area (Å²) in [4.78, 5) is 2.60. The molecule has 2 heteroatoms. The Kier molecular flexibility index (Phi) is 4.83. The van der Waals surface area contributed by atoms with Crippen LogP contribution >= 0.6 is 12.6 Å². The predicted molar refractivity (Wildman–Crippen MR) is 88.6 cm³/mol. The first-order valence-corrected chi connectivity index (χ1v) is 8.22. The molecule has 0 atom stereocenters. The maximum absolute atomic E-state index is 4.62. The summed E-state index contributed by atoms with van der Waals surface area (Å²) in [5, 5.41) is 0. The minimum atomic E-state index is 0.364. The highest BCUT2D eigenvalue weighted by Crippen LogP contribution is 2.34. The second-order valence-corrected chi connectivity index (χ2v) is 6.34. The van der Waals surface area contributed by atoms with Crippen LogP contribution < -0.4 is 4.90 Å². The minimum Gasteiger partial charge on any atom is -0.371 e. The number of aryl methyl sites for hydroxylation is 2. The lowest BCUT2D eigenvalue weighted by Crippen LogP contribution is -2.41. The Morgan fingerprint density at radius 1 is 1.26 bits per heavy atom. The quantitative estimate of drug-likeness (QED) is 0.776. The van der Waals surface area contributed by atoms with E-state index in [-0.39, 0.29) is 0 Å². The molecule has 2 rings (SSSR count). The van der Waals surface area contributed by atoms with Crippen LogP contribution in [0.1, 0.15) is 44.2 Å². The van der Waals surface area contributed by atoms with Crippen molar-refractivity contribution in [3.05, 3.63) is 29.3 Å². The summed E-state index contributed by atoms with van der Waals surface area (Å²) in [6.07, 6.45) is 4.95. The average molecular weight is 277 g/mol. The van der Waals surface area contributed by atoms with E-state index in [1.54, 1.807) is 0 Å². The number of fused-ring (bicyclic) bond motifs is 1. The van der Waals surface area contributed by atoms with Crippen molar-refractivity contribution in [1.82, 2.24) is 0 Å². The van der Waals surface area contributed by atoms with Gasteiger partial charge in [-0.2, -0.15) is 12.6 Å². The third kappa shape index (κ3) is 3.10. The van der Waals surface area contributed by atoms with Crippen LogP contribution in [0.5, 0.6) is 0 Å². The third-order valence-corrected chi connectivity index (χ3v) is 5.48. The van der Waals surface area contributed by atoms with Gasteiger partial charge in [0, 0.05) is 18.8 Å². The van der Waals surface area contributed by atoms with Crippen molar-refractivity contribution in [2.24, 2.45) is 5.41 Å². The summed E-state index contributed by atoms with van der Waals surface area (Å²) in [6, 6.07) is 6.93. The highest BCUT2D eigenvalue weighted by molar-refractivity contribution is 7.80. The van der Waals surface area contributed by atoms with Crippen LogP contribution in [0.4, 0.5) is 5.69 Å². The van der Waals surface area contributed by atoms with Gasteiger partial charge in [0.25, 0.3) is 0 Å². The van der Waals surface area contributed by atoms with Crippen LogP contribution in [0.25, 0.3) is 0 Å². The molecule has 1 aliphatic rings. The van der Waals surface area contributed by atoms with Crippen LogP contribution in [0.15, 0.2) is 18.2 Å².